The Hall–Kier alpha value is -1.48. The lowest BCUT2D eigenvalue weighted by atomic mass is 9.88. The summed E-state index contributed by atoms with van der Waals surface area (Å²) in [5, 5.41) is 3.93. The van der Waals surface area contributed by atoms with Gasteiger partial charge in [-0.3, -0.25) is 4.79 Å². The van der Waals surface area contributed by atoms with Crippen molar-refractivity contribution in [3.05, 3.63) is 47.1 Å². The summed E-state index contributed by atoms with van der Waals surface area (Å²) < 4.78 is 4.77. The minimum absolute atomic E-state index is 0.234. The average molecular weight is 282 g/mol. The third kappa shape index (κ3) is 4.95. The number of nitrogens with one attached hydrogen (secondary N) is 1. The van der Waals surface area contributed by atoms with Crippen LogP contribution in [-0.2, 0) is 16.1 Å². The maximum atomic E-state index is 11.6. The van der Waals surface area contributed by atoms with Gasteiger partial charge in [0, 0.05) is 23.7 Å². The molecule has 1 rings (SSSR count). The van der Waals surface area contributed by atoms with Gasteiger partial charge in [0.1, 0.15) is 0 Å². The molecule has 0 fully saturated rings. The maximum Gasteiger partial charge on any atom is 0.311 e. The number of rotatable bonds is 6. The predicted molar refractivity (Wildman–Crippen MR) is 77.8 cm³/mol. The van der Waals surface area contributed by atoms with Crippen molar-refractivity contribution < 1.29 is 9.53 Å². The molecule has 1 N–H and O–H groups in total. The summed E-state index contributed by atoms with van der Waals surface area (Å²) in [7, 11) is 1.40. The number of methoxy groups -OCH3 is 1. The van der Waals surface area contributed by atoms with E-state index in [1.807, 2.05) is 38.1 Å². The van der Waals surface area contributed by atoms with Crippen molar-refractivity contribution in [2.45, 2.75) is 26.8 Å². The molecule has 0 aromatic heterocycles. The molecule has 3 nitrogen and oxygen atoms in total. The smallest absolute Gasteiger partial charge is 0.311 e. The molecule has 19 heavy (non-hydrogen) atoms. The monoisotopic (exact) mass is 281 g/mol. The summed E-state index contributed by atoms with van der Waals surface area (Å²) in [5.41, 5.74) is 1.35. The van der Waals surface area contributed by atoms with Crippen molar-refractivity contribution in [2.24, 2.45) is 5.41 Å². The lowest BCUT2D eigenvalue weighted by Crippen LogP contribution is -2.28. The van der Waals surface area contributed by atoms with E-state index in [1.54, 1.807) is 0 Å². The van der Waals surface area contributed by atoms with E-state index in [0.29, 0.717) is 13.0 Å². The minimum atomic E-state index is -0.571. The minimum Gasteiger partial charge on any atom is -0.469 e. The van der Waals surface area contributed by atoms with E-state index < -0.39 is 5.41 Å². The fraction of sp³-hybridized carbons (Fsp3) is 0.400. The largest absolute Gasteiger partial charge is 0.469 e. The van der Waals surface area contributed by atoms with Crippen LogP contribution in [0.4, 0.5) is 0 Å². The zero-order chi connectivity index (χ0) is 14.5. The number of ether oxygens (including phenoxy) is 1. The Labute approximate surface area is 119 Å². The fourth-order valence-electron chi connectivity index (χ4n) is 1.77. The second-order valence-electron chi connectivity index (χ2n) is 5.14. The molecule has 0 aliphatic rings. The highest BCUT2D eigenvalue weighted by molar-refractivity contribution is 6.30. The quantitative estimate of drug-likeness (QED) is 0.811. The standard InChI is InChI=1S/C15H20ClNO2/c1-11(9-15(2,3)14(18)19-4)17-10-12-5-7-13(16)8-6-12/h5-8,17H,1,9-10H2,2-4H3. The summed E-state index contributed by atoms with van der Waals surface area (Å²) in [4.78, 5) is 11.6. The van der Waals surface area contributed by atoms with E-state index in [9.17, 15) is 4.79 Å². The molecule has 0 spiro atoms. The van der Waals surface area contributed by atoms with Crippen molar-refractivity contribution >= 4 is 17.6 Å². The number of hydrogen-bond acceptors (Lipinski definition) is 3. The van der Waals surface area contributed by atoms with E-state index in [0.717, 1.165) is 16.3 Å². The number of benzene rings is 1. The molecule has 0 radical (unpaired) electrons. The summed E-state index contributed by atoms with van der Waals surface area (Å²) in [6.07, 6.45) is 0.535. The van der Waals surface area contributed by atoms with Crippen LogP contribution in [0.25, 0.3) is 0 Å². The topological polar surface area (TPSA) is 38.3 Å². The molecule has 1 aromatic rings. The van der Waals surface area contributed by atoms with Gasteiger partial charge in [0.2, 0.25) is 0 Å². The Bertz CT molecular complexity index is 452. The third-order valence-corrected chi connectivity index (χ3v) is 3.10. The van der Waals surface area contributed by atoms with Gasteiger partial charge in [-0.2, -0.15) is 0 Å². The zero-order valence-corrected chi connectivity index (χ0v) is 12.4. The van der Waals surface area contributed by atoms with E-state index in [2.05, 4.69) is 11.9 Å². The van der Waals surface area contributed by atoms with Crippen LogP contribution in [0.2, 0.25) is 5.02 Å². The summed E-state index contributed by atoms with van der Waals surface area (Å²) >= 11 is 5.82. The van der Waals surface area contributed by atoms with E-state index in [4.69, 9.17) is 16.3 Å². The van der Waals surface area contributed by atoms with Crippen LogP contribution in [0, 0.1) is 5.41 Å². The molecule has 0 atom stereocenters. The molecule has 0 saturated heterocycles. The second kappa shape index (κ2) is 6.62. The van der Waals surface area contributed by atoms with Gasteiger partial charge >= 0.3 is 5.97 Å². The Kier molecular flexibility index (Phi) is 5.43. The lowest BCUT2D eigenvalue weighted by Gasteiger charge is -2.23. The molecular weight excluding hydrogens is 262 g/mol. The molecule has 0 unspecified atom stereocenters. The first kappa shape index (κ1) is 15.6. The SMILES string of the molecule is C=C(CC(C)(C)C(=O)OC)NCc1ccc(Cl)cc1. The van der Waals surface area contributed by atoms with Crippen LogP contribution >= 0.6 is 11.6 Å². The maximum absolute atomic E-state index is 11.6. The molecule has 104 valence electrons. The Morgan fingerprint density at radius 3 is 2.47 bits per heavy atom. The number of allylic oxidation sites excluding steroid dienone is 1. The van der Waals surface area contributed by atoms with Crippen molar-refractivity contribution in [2.75, 3.05) is 7.11 Å². The van der Waals surface area contributed by atoms with E-state index in [-0.39, 0.29) is 5.97 Å². The molecule has 0 aliphatic carbocycles. The molecular formula is C15H20ClNO2. The summed E-state index contributed by atoms with van der Waals surface area (Å²) in [6, 6.07) is 7.60. The van der Waals surface area contributed by atoms with Crippen molar-refractivity contribution in [3.8, 4) is 0 Å². The summed E-state index contributed by atoms with van der Waals surface area (Å²) in [5.74, 6) is -0.234. The number of hydrogen-bond donors (Lipinski definition) is 1. The highest BCUT2D eigenvalue weighted by Gasteiger charge is 2.29. The van der Waals surface area contributed by atoms with Gasteiger partial charge < -0.3 is 10.1 Å². The van der Waals surface area contributed by atoms with Gasteiger partial charge in [0.05, 0.1) is 12.5 Å². The van der Waals surface area contributed by atoms with Crippen LogP contribution in [0.3, 0.4) is 0 Å². The van der Waals surface area contributed by atoms with Crippen molar-refractivity contribution in [1.29, 1.82) is 0 Å². The number of carbonyl (C=O) groups is 1. The van der Waals surface area contributed by atoms with E-state index >= 15 is 0 Å². The van der Waals surface area contributed by atoms with Crippen LogP contribution in [0.5, 0.6) is 0 Å². The Morgan fingerprint density at radius 1 is 1.37 bits per heavy atom. The number of carbonyl (C=O) groups excluding carboxylic acids is 1. The first-order chi connectivity index (χ1) is 8.85. The molecule has 0 saturated carbocycles. The zero-order valence-electron chi connectivity index (χ0n) is 11.6. The van der Waals surface area contributed by atoms with Crippen LogP contribution < -0.4 is 5.32 Å². The molecule has 0 aliphatic heterocycles. The van der Waals surface area contributed by atoms with Crippen molar-refractivity contribution in [1.82, 2.24) is 5.32 Å². The van der Waals surface area contributed by atoms with E-state index in [1.165, 1.54) is 7.11 Å². The Morgan fingerprint density at radius 2 is 1.95 bits per heavy atom. The average Bonchev–Trinajstić information content (AvgIpc) is 2.36. The lowest BCUT2D eigenvalue weighted by molar-refractivity contribution is -0.150. The predicted octanol–water partition coefficient (Wildman–Crippen LogP) is 3.53. The normalized spacial score (nSPS) is 10.9. The van der Waals surface area contributed by atoms with Crippen LogP contribution in [-0.4, -0.2) is 13.1 Å². The molecule has 4 heteroatoms. The van der Waals surface area contributed by atoms with Crippen LogP contribution in [0.1, 0.15) is 25.8 Å². The van der Waals surface area contributed by atoms with Gasteiger partial charge in [-0.15, -0.1) is 0 Å². The summed E-state index contributed by atoms with van der Waals surface area (Å²) in [6.45, 7) is 8.29. The second-order valence-corrected chi connectivity index (χ2v) is 5.57. The third-order valence-electron chi connectivity index (χ3n) is 2.85. The fourth-order valence-corrected chi connectivity index (χ4v) is 1.90. The van der Waals surface area contributed by atoms with Crippen molar-refractivity contribution in [3.63, 3.8) is 0 Å². The molecule has 1 aromatic carbocycles. The van der Waals surface area contributed by atoms with Crippen LogP contribution in [0.15, 0.2) is 36.5 Å². The number of esters is 1. The van der Waals surface area contributed by atoms with Gasteiger partial charge in [-0.25, -0.2) is 0 Å². The first-order valence-electron chi connectivity index (χ1n) is 6.09. The highest BCUT2D eigenvalue weighted by atomic mass is 35.5. The van der Waals surface area contributed by atoms with Gasteiger partial charge in [-0.05, 0) is 31.5 Å². The molecule has 0 bridgehead atoms. The Balaban J connectivity index is 2.48. The van der Waals surface area contributed by atoms with Gasteiger partial charge in [-0.1, -0.05) is 30.3 Å². The van der Waals surface area contributed by atoms with Gasteiger partial charge in [0.25, 0.3) is 0 Å². The number of halogens is 1. The first-order valence-corrected chi connectivity index (χ1v) is 6.47. The molecule has 0 amide bonds. The molecule has 0 heterocycles. The highest BCUT2D eigenvalue weighted by Crippen LogP contribution is 2.25. The van der Waals surface area contributed by atoms with Gasteiger partial charge in [0.15, 0.2) is 0 Å².